The topological polar surface area (TPSA) is 47.9 Å². The summed E-state index contributed by atoms with van der Waals surface area (Å²) >= 11 is 3.66. The molecule has 1 N–H and O–H groups in total. The van der Waals surface area contributed by atoms with Crippen LogP contribution in [0.15, 0.2) is 12.1 Å². The van der Waals surface area contributed by atoms with Crippen LogP contribution < -0.4 is 14.2 Å². The molecule has 4 fully saturated rings. The van der Waals surface area contributed by atoms with Gasteiger partial charge in [-0.1, -0.05) is 107 Å². The fourth-order valence-corrected chi connectivity index (χ4v) is 11.9. The van der Waals surface area contributed by atoms with Gasteiger partial charge < -0.3 is 19.3 Å². The zero-order chi connectivity index (χ0) is 45.7. The van der Waals surface area contributed by atoms with E-state index in [0.29, 0.717) is 24.7 Å². The number of ether oxygens (including phenoxy) is 3. The summed E-state index contributed by atoms with van der Waals surface area (Å²) in [5, 5.41) is 10.2. The molecule has 4 aliphatic carbocycles. The van der Waals surface area contributed by atoms with Crippen molar-refractivity contribution < 1.29 is 36.9 Å². The number of rotatable bonds is 18. The second-order valence-corrected chi connectivity index (χ2v) is 20.4. The van der Waals surface area contributed by atoms with Crippen molar-refractivity contribution in [1.29, 1.82) is 0 Å². The normalized spacial score (nSPS) is 26.1. The van der Waals surface area contributed by atoms with Crippen molar-refractivity contribution in [3.63, 3.8) is 0 Å². The number of aryl methyl sites for hydroxylation is 2. The molecular weight excluding hydrogens is 868 g/mol. The lowest BCUT2D eigenvalue weighted by molar-refractivity contribution is 0.119. The molecule has 2 aromatic carbocycles. The maximum Gasteiger partial charge on any atom is 0.204 e. The van der Waals surface area contributed by atoms with E-state index in [1.165, 1.54) is 140 Å². The molecule has 0 atom stereocenters. The number of hydrogen-bond acceptors (Lipinski definition) is 4. The molecule has 0 heterocycles. The third-order valence-corrected chi connectivity index (χ3v) is 16.2. The highest BCUT2D eigenvalue weighted by Gasteiger charge is 2.32. The molecule has 6 rings (SSSR count). The van der Waals surface area contributed by atoms with Crippen molar-refractivity contribution in [2.45, 2.75) is 196 Å². The molecule has 0 bridgehead atoms. The van der Waals surface area contributed by atoms with E-state index in [0.717, 1.165) is 54.3 Å². The summed E-state index contributed by atoms with van der Waals surface area (Å²) < 4.78 is 70.3. The Labute approximate surface area is 388 Å². The summed E-state index contributed by atoms with van der Waals surface area (Å²) in [5.41, 5.74) is 0.842. The third-order valence-electron chi connectivity index (χ3n) is 15.3. The minimum absolute atomic E-state index is 0.0366. The fourth-order valence-electron chi connectivity index (χ4n) is 11.2. The summed E-state index contributed by atoms with van der Waals surface area (Å²) in [7, 11) is 0. The zero-order valence-electron chi connectivity index (χ0n) is 40.1. The highest BCUT2D eigenvalue weighted by Crippen LogP contribution is 2.44. The van der Waals surface area contributed by atoms with Crippen LogP contribution in [-0.4, -0.2) is 30.3 Å². The molecule has 4 aliphatic rings. The van der Waals surface area contributed by atoms with Gasteiger partial charge in [0.25, 0.3) is 0 Å². The largest absolute Gasteiger partial charge is 0.505 e. The van der Waals surface area contributed by atoms with E-state index in [1.807, 2.05) is 0 Å². The molecular formula is C54H85BrF4O4. The Morgan fingerprint density at radius 3 is 1.27 bits per heavy atom. The summed E-state index contributed by atoms with van der Waals surface area (Å²) in [4.78, 5) is 0. The van der Waals surface area contributed by atoms with Crippen molar-refractivity contribution in [3.8, 4) is 23.0 Å². The first-order valence-corrected chi connectivity index (χ1v) is 26.7. The summed E-state index contributed by atoms with van der Waals surface area (Å²) in [6, 6.07) is 2.80. The molecule has 0 aromatic heterocycles. The van der Waals surface area contributed by atoms with Crippen molar-refractivity contribution in [2.24, 2.45) is 47.3 Å². The molecule has 0 spiro atoms. The highest BCUT2D eigenvalue weighted by atomic mass is 79.9. The Hall–Kier alpha value is -2.16. The Kier molecular flexibility index (Phi) is 24.4. The van der Waals surface area contributed by atoms with Gasteiger partial charge in [-0.2, -0.15) is 17.6 Å². The predicted octanol–water partition coefficient (Wildman–Crippen LogP) is 17.2. The molecule has 0 aliphatic heterocycles. The number of phenolic OH excluding ortho intramolecular Hbond substituents is 1. The van der Waals surface area contributed by atoms with Crippen LogP contribution in [0.25, 0.3) is 0 Å². The molecule has 2 aromatic rings. The van der Waals surface area contributed by atoms with Gasteiger partial charge >= 0.3 is 0 Å². The van der Waals surface area contributed by atoms with E-state index in [4.69, 9.17) is 19.3 Å². The van der Waals surface area contributed by atoms with Gasteiger partial charge in [-0.25, -0.2) is 0 Å². The summed E-state index contributed by atoms with van der Waals surface area (Å²) in [6.45, 7) is 12.3. The van der Waals surface area contributed by atoms with E-state index in [9.17, 15) is 17.6 Å². The Morgan fingerprint density at radius 2 is 0.873 bits per heavy atom. The van der Waals surface area contributed by atoms with Gasteiger partial charge in [-0.15, -0.1) is 0 Å². The molecule has 63 heavy (non-hydrogen) atoms. The first-order chi connectivity index (χ1) is 30.4. The van der Waals surface area contributed by atoms with E-state index in [2.05, 4.69) is 29.8 Å². The maximum absolute atomic E-state index is 14.5. The monoisotopic (exact) mass is 953 g/mol. The lowest BCUT2D eigenvalue weighted by Crippen LogP contribution is -2.27. The quantitative estimate of drug-likeness (QED) is 0.0919. The Balaban J connectivity index is 0.000000230. The van der Waals surface area contributed by atoms with Crippen LogP contribution in [0.2, 0.25) is 0 Å². The minimum atomic E-state index is -1.26. The molecule has 0 amide bonds. The number of alkyl halides is 1. The van der Waals surface area contributed by atoms with E-state index >= 15 is 0 Å². The van der Waals surface area contributed by atoms with Crippen LogP contribution in [0.4, 0.5) is 17.6 Å². The van der Waals surface area contributed by atoms with Gasteiger partial charge in [0.15, 0.2) is 23.0 Å². The molecule has 9 heteroatoms. The molecule has 0 saturated heterocycles. The van der Waals surface area contributed by atoms with E-state index < -0.39 is 29.0 Å². The second kappa shape index (κ2) is 28.8. The number of aromatic hydroxyl groups is 1. The fraction of sp³-hybridized carbons (Fsp3) is 0.778. The standard InChI is InChI=1S/C27H42F2O2.C18H33Br.C9H10F2O2/c1-4-6-7-8-20-9-13-22(14-10-20)23-15-11-21(12-16-23)18-31-27-19(3)17-24(30-5-2)25(28)26(27)29;1-2-3-4-5-15-6-10-17(11-7-15)18-12-8-16(14-19)9-13-18;1-3-13-6-4-5(2)9(12)8(11)7(6)10/h17,20-23H,4-16,18H2,1-3H3;15-18H,2-14H2,1H3;4,12H,3H2,1-2H3. The molecule has 4 saturated carbocycles. The minimum Gasteiger partial charge on any atom is -0.505 e. The van der Waals surface area contributed by atoms with Gasteiger partial charge in [0, 0.05) is 5.33 Å². The average molecular weight is 954 g/mol. The van der Waals surface area contributed by atoms with Crippen molar-refractivity contribution in [2.75, 3.05) is 25.2 Å². The van der Waals surface area contributed by atoms with Gasteiger partial charge in [0.2, 0.25) is 23.3 Å². The summed E-state index contributed by atoms with van der Waals surface area (Å²) in [6.07, 6.45) is 34.2. The van der Waals surface area contributed by atoms with Crippen LogP contribution in [-0.2, 0) is 0 Å². The molecule has 360 valence electrons. The second-order valence-electron chi connectivity index (χ2n) is 19.8. The number of unbranched alkanes of at least 4 members (excludes halogenated alkanes) is 4. The number of benzene rings is 2. The molecule has 0 unspecified atom stereocenters. The third kappa shape index (κ3) is 16.9. The lowest BCUT2D eigenvalue weighted by Gasteiger charge is -2.38. The van der Waals surface area contributed by atoms with Gasteiger partial charge in [0.05, 0.1) is 19.8 Å². The lowest BCUT2D eigenvalue weighted by atomic mass is 9.69. The Morgan fingerprint density at radius 1 is 0.492 bits per heavy atom. The number of phenols is 1. The first kappa shape index (κ1) is 53.5. The van der Waals surface area contributed by atoms with Gasteiger partial charge in [0.1, 0.15) is 0 Å². The van der Waals surface area contributed by atoms with Crippen LogP contribution in [0.3, 0.4) is 0 Å². The van der Waals surface area contributed by atoms with Crippen LogP contribution in [0.1, 0.15) is 193 Å². The average Bonchev–Trinajstić information content (AvgIpc) is 3.30. The number of hydrogen-bond donors (Lipinski definition) is 1. The van der Waals surface area contributed by atoms with Gasteiger partial charge in [-0.3, -0.25) is 0 Å². The van der Waals surface area contributed by atoms with Crippen LogP contribution in [0, 0.1) is 84.5 Å². The summed E-state index contributed by atoms with van der Waals surface area (Å²) in [5.74, 6) is 2.33. The maximum atomic E-state index is 14.5. The van der Waals surface area contributed by atoms with Crippen molar-refractivity contribution >= 4 is 15.9 Å². The first-order valence-electron chi connectivity index (χ1n) is 25.5. The van der Waals surface area contributed by atoms with Crippen LogP contribution in [0.5, 0.6) is 23.0 Å². The smallest absolute Gasteiger partial charge is 0.204 e. The van der Waals surface area contributed by atoms with Crippen molar-refractivity contribution in [1.82, 2.24) is 0 Å². The molecule has 4 nitrogen and oxygen atoms in total. The van der Waals surface area contributed by atoms with E-state index in [1.54, 1.807) is 46.5 Å². The highest BCUT2D eigenvalue weighted by molar-refractivity contribution is 9.09. The Bertz CT molecular complexity index is 1570. The van der Waals surface area contributed by atoms with Gasteiger partial charge in [-0.05, 0) is 175 Å². The van der Waals surface area contributed by atoms with E-state index in [-0.39, 0.29) is 29.4 Å². The van der Waals surface area contributed by atoms with Crippen molar-refractivity contribution in [3.05, 3.63) is 46.5 Å². The SMILES string of the molecule is CCCCCC1CCC(C2CCC(CBr)CC2)CC1.CCCCCC1CCC(C2CCC(COc3c(C)cc(OCC)c(F)c3F)CC2)CC1.CCOc1cc(C)c(O)c(F)c1F. The molecule has 0 radical (unpaired) electrons. The number of halogens is 5. The predicted molar refractivity (Wildman–Crippen MR) is 256 cm³/mol. The zero-order valence-corrected chi connectivity index (χ0v) is 41.7. The van der Waals surface area contributed by atoms with Crippen LogP contribution >= 0.6 is 15.9 Å².